The van der Waals surface area contributed by atoms with Crippen molar-refractivity contribution in [3.05, 3.63) is 11.5 Å². The summed E-state index contributed by atoms with van der Waals surface area (Å²) in [5, 5.41) is 1.94. The minimum Gasteiger partial charge on any atom is -0.453 e. The Morgan fingerprint density at radius 1 is 1.88 bits per heavy atom. The summed E-state index contributed by atoms with van der Waals surface area (Å²) < 4.78 is 4.62. The SMILES string of the molecule is O=COC1CC=CS1. The molecular formula is C5H6O2S. The van der Waals surface area contributed by atoms with Crippen LogP contribution in [0, 0.1) is 0 Å². The van der Waals surface area contributed by atoms with Gasteiger partial charge in [0.25, 0.3) is 6.47 Å². The molecular weight excluding hydrogens is 124 g/mol. The fourth-order valence-electron chi connectivity index (χ4n) is 0.515. The molecule has 1 rings (SSSR count). The predicted molar refractivity (Wildman–Crippen MR) is 32.3 cm³/mol. The van der Waals surface area contributed by atoms with Crippen LogP contribution in [0.3, 0.4) is 0 Å². The van der Waals surface area contributed by atoms with Crippen molar-refractivity contribution in [2.45, 2.75) is 11.9 Å². The fourth-order valence-corrected chi connectivity index (χ4v) is 1.24. The van der Waals surface area contributed by atoms with Crippen LogP contribution in [-0.2, 0) is 9.53 Å². The highest BCUT2D eigenvalue weighted by molar-refractivity contribution is 8.02. The van der Waals surface area contributed by atoms with Gasteiger partial charge in [-0.25, -0.2) is 0 Å². The normalized spacial score (nSPS) is 25.8. The smallest absolute Gasteiger partial charge is 0.294 e. The fraction of sp³-hybridized carbons (Fsp3) is 0.400. The van der Waals surface area contributed by atoms with Crippen molar-refractivity contribution < 1.29 is 9.53 Å². The quantitative estimate of drug-likeness (QED) is 0.524. The van der Waals surface area contributed by atoms with Crippen LogP contribution in [0.1, 0.15) is 6.42 Å². The number of hydrogen-bond donors (Lipinski definition) is 0. The lowest BCUT2D eigenvalue weighted by atomic mass is 10.5. The largest absolute Gasteiger partial charge is 0.453 e. The average Bonchev–Trinajstić information content (AvgIpc) is 2.19. The minimum absolute atomic E-state index is 0.0486. The molecule has 0 amide bonds. The van der Waals surface area contributed by atoms with E-state index >= 15 is 0 Å². The van der Waals surface area contributed by atoms with Crippen LogP contribution < -0.4 is 0 Å². The van der Waals surface area contributed by atoms with E-state index in [1.807, 2.05) is 11.5 Å². The summed E-state index contributed by atoms with van der Waals surface area (Å²) in [5.41, 5.74) is 0.0486. The van der Waals surface area contributed by atoms with Gasteiger partial charge in [0.15, 0.2) is 5.44 Å². The van der Waals surface area contributed by atoms with Gasteiger partial charge in [-0.05, 0) is 5.41 Å². The molecule has 0 fully saturated rings. The van der Waals surface area contributed by atoms with Gasteiger partial charge in [0.1, 0.15) is 0 Å². The standard InChI is InChI=1S/C5H6O2S/c6-4-7-5-2-1-3-8-5/h1,3-5H,2H2. The molecule has 0 aromatic heterocycles. The summed E-state index contributed by atoms with van der Waals surface area (Å²) in [6, 6.07) is 0. The lowest BCUT2D eigenvalue weighted by Crippen LogP contribution is -2.00. The van der Waals surface area contributed by atoms with E-state index in [1.54, 1.807) is 0 Å². The van der Waals surface area contributed by atoms with Crippen LogP contribution in [0.4, 0.5) is 0 Å². The number of thioether (sulfide) groups is 1. The van der Waals surface area contributed by atoms with E-state index in [-0.39, 0.29) is 5.44 Å². The molecule has 1 heterocycles. The second-order valence-corrected chi connectivity index (χ2v) is 2.48. The van der Waals surface area contributed by atoms with Gasteiger partial charge in [0.05, 0.1) is 0 Å². The van der Waals surface area contributed by atoms with Crippen molar-refractivity contribution in [3.8, 4) is 0 Å². The topological polar surface area (TPSA) is 26.3 Å². The highest BCUT2D eigenvalue weighted by Crippen LogP contribution is 2.23. The summed E-state index contributed by atoms with van der Waals surface area (Å²) in [7, 11) is 0. The van der Waals surface area contributed by atoms with Crippen molar-refractivity contribution in [2.75, 3.05) is 0 Å². The molecule has 0 aromatic rings. The van der Waals surface area contributed by atoms with Crippen LogP contribution in [0.2, 0.25) is 0 Å². The Labute approximate surface area is 51.9 Å². The van der Waals surface area contributed by atoms with Gasteiger partial charge in [-0.2, -0.15) is 0 Å². The Bertz CT molecular complexity index is 103. The summed E-state index contributed by atoms with van der Waals surface area (Å²) in [6.45, 7) is 0.491. The Hall–Kier alpha value is -0.440. The molecule has 44 valence electrons. The molecule has 0 aliphatic carbocycles. The summed E-state index contributed by atoms with van der Waals surface area (Å²) in [4.78, 5) is 9.70. The maximum atomic E-state index is 9.70. The summed E-state index contributed by atoms with van der Waals surface area (Å²) in [5.74, 6) is 0. The van der Waals surface area contributed by atoms with Gasteiger partial charge in [-0.15, -0.1) is 0 Å². The molecule has 0 spiro atoms. The molecule has 1 aliphatic rings. The van der Waals surface area contributed by atoms with E-state index < -0.39 is 0 Å². The molecule has 0 saturated carbocycles. The minimum atomic E-state index is 0.0486. The zero-order valence-electron chi connectivity index (χ0n) is 4.24. The van der Waals surface area contributed by atoms with Gasteiger partial charge in [-0.3, -0.25) is 4.79 Å². The maximum Gasteiger partial charge on any atom is 0.294 e. The number of carbonyl (C=O) groups is 1. The zero-order valence-corrected chi connectivity index (χ0v) is 5.06. The van der Waals surface area contributed by atoms with E-state index in [4.69, 9.17) is 0 Å². The lowest BCUT2D eigenvalue weighted by Gasteiger charge is -2.02. The van der Waals surface area contributed by atoms with Crippen molar-refractivity contribution in [2.24, 2.45) is 0 Å². The van der Waals surface area contributed by atoms with Crippen molar-refractivity contribution in [1.29, 1.82) is 0 Å². The monoisotopic (exact) mass is 130 g/mol. The van der Waals surface area contributed by atoms with Crippen molar-refractivity contribution in [1.82, 2.24) is 0 Å². The third kappa shape index (κ3) is 1.26. The Kier molecular flexibility index (Phi) is 1.97. The number of rotatable bonds is 2. The highest BCUT2D eigenvalue weighted by atomic mass is 32.2. The predicted octanol–water partition coefficient (Wildman–Crippen LogP) is 1.14. The Morgan fingerprint density at radius 2 is 2.75 bits per heavy atom. The summed E-state index contributed by atoms with van der Waals surface area (Å²) >= 11 is 1.53. The lowest BCUT2D eigenvalue weighted by molar-refractivity contribution is -0.129. The first-order chi connectivity index (χ1) is 3.93. The van der Waals surface area contributed by atoms with Gasteiger partial charge in [0.2, 0.25) is 0 Å². The third-order valence-electron chi connectivity index (χ3n) is 0.862. The van der Waals surface area contributed by atoms with Crippen molar-refractivity contribution >= 4 is 18.2 Å². The highest BCUT2D eigenvalue weighted by Gasteiger charge is 2.09. The van der Waals surface area contributed by atoms with Gasteiger partial charge < -0.3 is 4.74 Å². The van der Waals surface area contributed by atoms with E-state index in [0.29, 0.717) is 6.47 Å². The molecule has 1 atom stereocenters. The van der Waals surface area contributed by atoms with E-state index in [2.05, 4.69) is 4.74 Å². The molecule has 8 heavy (non-hydrogen) atoms. The number of ether oxygens (including phenoxy) is 1. The summed E-state index contributed by atoms with van der Waals surface area (Å²) in [6.07, 6.45) is 2.84. The van der Waals surface area contributed by atoms with Crippen LogP contribution in [0.15, 0.2) is 11.5 Å². The third-order valence-corrected chi connectivity index (χ3v) is 1.82. The van der Waals surface area contributed by atoms with Gasteiger partial charge in [0, 0.05) is 6.42 Å². The first-order valence-electron chi connectivity index (χ1n) is 2.33. The molecule has 0 aromatic carbocycles. The van der Waals surface area contributed by atoms with Crippen LogP contribution in [0.25, 0.3) is 0 Å². The molecule has 0 saturated heterocycles. The molecule has 0 N–H and O–H groups in total. The van der Waals surface area contributed by atoms with E-state index in [1.165, 1.54) is 11.8 Å². The number of hydrogen-bond acceptors (Lipinski definition) is 3. The van der Waals surface area contributed by atoms with Crippen LogP contribution in [0.5, 0.6) is 0 Å². The maximum absolute atomic E-state index is 9.70. The molecule has 3 heteroatoms. The molecule has 2 nitrogen and oxygen atoms in total. The molecule has 0 radical (unpaired) electrons. The van der Waals surface area contributed by atoms with Crippen LogP contribution >= 0.6 is 11.8 Å². The molecule has 1 aliphatic heterocycles. The molecule has 0 bridgehead atoms. The Balaban J connectivity index is 2.19. The van der Waals surface area contributed by atoms with Gasteiger partial charge >= 0.3 is 0 Å². The Morgan fingerprint density at radius 3 is 3.25 bits per heavy atom. The van der Waals surface area contributed by atoms with E-state index in [9.17, 15) is 4.79 Å². The van der Waals surface area contributed by atoms with Crippen LogP contribution in [-0.4, -0.2) is 11.9 Å². The first-order valence-corrected chi connectivity index (χ1v) is 3.27. The first kappa shape index (κ1) is 5.69. The number of carbonyl (C=O) groups excluding carboxylic acids is 1. The second kappa shape index (κ2) is 2.77. The molecule has 1 unspecified atom stereocenters. The van der Waals surface area contributed by atoms with Crippen molar-refractivity contribution in [3.63, 3.8) is 0 Å². The van der Waals surface area contributed by atoms with Gasteiger partial charge in [-0.1, -0.05) is 17.8 Å². The van der Waals surface area contributed by atoms with E-state index in [0.717, 1.165) is 6.42 Å². The average molecular weight is 130 g/mol. The zero-order chi connectivity index (χ0) is 5.82. The second-order valence-electron chi connectivity index (χ2n) is 1.41.